The molecule has 0 heterocycles. The Morgan fingerprint density at radius 1 is 1.19 bits per heavy atom. The van der Waals surface area contributed by atoms with Crippen molar-refractivity contribution in [3.63, 3.8) is 0 Å². The minimum atomic E-state index is -0.876. The van der Waals surface area contributed by atoms with Crippen LogP contribution >= 0.6 is 11.8 Å². The molecule has 1 aromatic rings. The molecule has 5 heteroatoms. The molecule has 1 aromatic carbocycles. The predicted molar refractivity (Wildman–Crippen MR) is 86.5 cm³/mol. The van der Waals surface area contributed by atoms with Gasteiger partial charge in [-0.15, -0.1) is 11.8 Å². The Morgan fingerprint density at radius 3 is 2.33 bits per heavy atom. The van der Waals surface area contributed by atoms with E-state index in [-0.39, 0.29) is 17.7 Å². The lowest BCUT2D eigenvalue weighted by Gasteiger charge is -2.16. The van der Waals surface area contributed by atoms with Crippen LogP contribution in [0.5, 0.6) is 0 Å². The van der Waals surface area contributed by atoms with Gasteiger partial charge in [0.05, 0.1) is 5.75 Å². The number of carboxylic acids is 1. The van der Waals surface area contributed by atoms with Gasteiger partial charge >= 0.3 is 5.97 Å². The Kier molecular flexibility index (Phi) is 7.90. The van der Waals surface area contributed by atoms with Gasteiger partial charge in [-0.25, -0.2) is 0 Å². The van der Waals surface area contributed by atoms with Crippen LogP contribution in [0.2, 0.25) is 0 Å². The molecule has 0 spiro atoms. The molecule has 116 valence electrons. The van der Waals surface area contributed by atoms with Gasteiger partial charge in [0, 0.05) is 6.04 Å². The topological polar surface area (TPSA) is 66.4 Å². The number of carbonyl (C=O) groups excluding carboxylic acids is 1. The number of amides is 1. The second-order valence-electron chi connectivity index (χ2n) is 4.91. The summed E-state index contributed by atoms with van der Waals surface area (Å²) in [7, 11) is 0. The maximum Gasteiger partial charge on any atom is 0.316 e. The first kappa shape index (κ1) is 17.6. The molecule has 1 atom stereocenters. The van der Waals surface area contributed by atoms with E-state index < -0.39 is 11.2 Å². The lowest BCUT2D eigenvalue weighted by molar-refractivity contribution is -0.136. The van der Waals surface area contributed by atoms with Gasteiger partial charge in [-0.2, -0.15) is 0 Å². The Morgan fingerprint density at radius 2 is 1.81 bits per heavy atom. The average molecular weight is 309 g/mol. The fourth-order valence-corrected chi connectivity index (χ4v) is 2.87. The van der Waals surface area contributed by atoms with Crippen molar-refractivity contribution in [2.45, 2.75) is 44.4 Å². The average Bonchev–Trinajstić information content (AvgIpc) is 2.49. The molecule has 0 aliphatic carbocycles. The van der Waals surface area contributed by atoms with E-state index in [2.05, 4.69) is 5.32 Å². The quantitative estimate of drug-likeness (QED) is 0.736. The number of benzene rings is 1. The van der Waals surface area contributed by atoms with Crippen molar-refractivity contribution in [1.82, 2.24) is 5.32 Å². The minimum Gasteiger partial charge on any atom is -0.480 e. The number of rotatable bonds is 9. The zero-order chi connectivity index (χ0) is 15.7. The summed E-state index contributed by atoms with van der Waals surface area (Å²) in [6.45, 7) is 4.05. The van der Waals surface area contributed by atoms with Gasteiger partial charge in [-0.1, -0.05) is 44.2 Å². The highest BCUT2D eigenvalue weighted by Crippen LogP contribution is 2.17. The molecule has 21 heavy (non-hydrogen) atoms. The summed E-state index contributed by atoms with van der Waals surface area (Å²) >= 11 is 1.18. The van der Waals surface area contributed by atoms with Crippen molar-refractivity contribution in [3.05, 3.63) is 35.9 Å². The molecule has 0 aromatic heterocycles. The fraction of sp³-hybridized carbons (Fsp3) is 0.500. The first-order valence-electron chi connectivity index (χ1n) is 7.24. The smallest absolute Gasteiger partial charge is 0.316 e. The van der Waals surface area contributed by atoms with Gasteiger partial charge in [0.25, 0.3) is 0 Å². The van der Waals surface area contributed by atoms with Gasteiger partial charge in [0.1, 0.15) is 5.25 Å². The lowest BCUT2D eigenvalue weighted by atomic mass is 10.1. The minimum absolute atomic E-state index is 0.0898. The number of carbonyl (C=O) groups is 2. The molecule has 1 rings (SSSR count). The van der Waals surface area contributed by atoms with Crippen molar-refractivity contribution in [2.24, 2.45) is 0 Å². The largest absolute Gasteiger partial charge is 0.480 e. The second kappa shape index (κ2) is 9.45. The maximum absolute atomic E-state index is 11.8. The number of carboxylic acid groups (broad SMARTS) is 1. The van der Waals surface area contributed by atoms with Crippen molar-refractivity contribution in [2.75, 3.05) is 5.75 Å². The Balaban J connectivity index is 2.48. The van der Waals surface area contributed by atoms with Crippen molar-refractivity contribution < 1.29 is 14.7 Å². The normalized spacial score (nSPS) is 12.1. The molecule has 2 N–H and O–H groups in total. The summed E-state index contributed by atoms with van der Waals surface area (Å²) in [6, 6.07) is 9.66. The third kappa shape index (κ3) is 6.67. The van der Waals surface area contributed by atoms with E-state index in [1.54, 1.807) is 0 Å². The lowest BCUT2D eigenvalue weighted by Crippen LogP contribution is -2.36. The van der Waals surface area contributed by atoms with E-state index in [0.717, 1.165) is 18.4 Å². The van der Waals surface area contributed by atoms with Gasteiger partial charge in [-0.05, 0) is 24.8 Å². The van der Waals surface area contributed by atoms with Crippen LogP contribution in [-0.2, 0) is 16.0 Å². The summed E-state index contributed by atoms with van der Waals surface area (Å²) in [5.41, 5.74) is 0.970. The van der Waals surface area contributed by atoms with Crippen molar-refractivity contribution >= 4 is 23.6 Å². The zero-order valence-electron chi connectivity index (χ0n) is 12.5. The molecule has 0 fully saturated rings. The Bertz CT molecular complexity index is 446. The summed E-state index contributed by atoms with van der Waals surface area (Å²) < 4.78 is 0. The van der Waals surface area contributed by atoms with Crippen LogP contribution in [0.4, 0.5) is 0 Å². The van der Waals surface area contributed by atoms with E-state index in [1.807, 2.05) is 44.2 Å². The molecule has 1 unspecified atom stereocenters. The molecular formula is C16H23NO3S. The molecular weight excluding hydrogens is 286 g/mol. The third-order valence-corrected chi connectivity index (χ3v) is 4.51. The summed E-state index contributed by atoms with van der Waals surface area (Å²) in [5.74, 6) is -0.785. The van der Waals surface area contributed by atoms with Crippen LogP contribution in [0.3, 0.4) is 0 Å². The highest BCUT2D eigenvalue weighted by Gasteiger charge is 2.20. The van der Waals surface area contributed by atoms with Crippen LogP contribution in [0, 0.1) is 0 Å². The molecule has 0 radical (unpaired) electrons. The highest BCUT2D eigenvalue weighted by molar-refractivity contribution is 8.01. The van der Waals surface area contributed by atoms with Crippen LogP contribution in [0.15, 0.2) is 30.3 Å². The van der Waals surface area contributed by atoms with Gasteiger partial charge in [0.2, 0.25) is 5.91 Å². The highest BCUT2D eigenvalue weighted by atomic mass is 32.2. The number of hydrogen-bond acceptors (Lipinski definition) is 3. The molecule has 0 bridgehead atoms. The van der Waals surface area contributed by atoms with E-state index in [4.69, 9.17) is 0 Å². The zero-order valence-corrected chi connectivity index (χ0v) is 13.4. The van der Waals surface area contributed by atoms with Crippen LogP contribution < -0.4 is 5.32 Å². The van der Waals surface area contributed by atoms with E-state index >= 15 is 0 Å². The third-order valence-electron chi connectivity index (χ3n) is 3.31. The van der Waals surface area contributed by atoms with Gasteiger partial charge < -0.3 is 10.4 Å². The molecule has 0 aliphatic rings. The first-order chi connectivity index (χ1) is 10.1. The predicted octanol–water partition coefficient (Wildman–Crippen LogP) is 2.72. The van der Waals surface area contributed by atoms with Crippen LogP contribution in [0.1, 0.15) is 32.3 Å². The molecule has 0 aliphatic heterocycles. The number of nitrogens with one attached hydrogen (secondary N) is 1. The summed E-state index contributed by atoms with van der Waals surface area (Å²) in [6.07, 6.45) is 2.21. The SMILES string of the molecule is CCC(CC)NC(=O)CSC(Cc1ccccc1)C(=O)O. The first-order valence-corrected chi connectivity index (χ1v) is 8.29. The van der Waals surface area contributed by atoms with E-state index in [1.165, 1.54) is 11.8 Å². The Labute approximate surface area is 130 Å². The standard InChI is InChI=1S/C16H23NO3S/c1-3-13(4-2)17-15(18)11-21-14(16(19)20)10-12-8-6-5-7-9-12/h5-9,13-14H,3-4,10-11H2,1-2H3,(H,17,18)(H,19,20). The van der Waals surface area contributed by atoms with E-state index in [0.29, 0.717) is 6.42 Å². The van der Waals surface area contributed by atoms with Crippen LogP contribution in [-0.4, -0.2) is 34.0 Å². The number of thioether (sulfide) groups is 1. The Hall–Kier alpha value is -1.49. The number of hydrogen-bond donors (Lipinski definition) is 2. The summed E-state index contributed by atoms with van der Waals surface area (Å²) in [5, 5.41) is 11.6. The van der Waals surface area contributed by atoms with Crippen molar-refractivity contribution in [3.8, 4) is 0 Å². The van der Waals surface area contributed by atoms with Crippen LogP contribution in [0.25, 0.3) is 0 Å². The monoisotopic (exact) mass is 309 g/mol. The van der Waals surface area contributed by atoms with Gasteiger partial charge in [-0.3, -0.25) is 9.59 Å². The van der Waals surface area contributed by atoms with Gasteiger partial charge in [0.15, 0.2) is 0 Å². The molecule has 4 nitrogen and oxygen atoms in total. The molecule has 0 saturated heterocycles. The molecule has 0 saturated carbocycles. The van der Waals surface area contributed by atoms with E-state index in [9.17, 15) is 14.7 Å². The number of aliphatic carboxylic acids is 1. The summed E-state index contributed by atoms with van der Waals surface area (Å²) in [4.78, 5) is 23.1. The van der Waals surface area contributed by atoms with Crippen molar-refractivity contribution in [1.29, 1.82) is 0 Å². The maximum atomic E-state index is 11.8. The molecule has 1 amide bonds. The second-order valence-corrected chi connectivity index (χ2v) is 6.10. The fourth-order valence-electron chi connectivity index (χ4n) is 1.98.